The third-order valence-corrected chi connectivity index (χ3v) is 4.65. The number of nitrogens with zero attached hydrogens (tertiary/aromatic N) is 2. The van der Waals surface area contributed by atoms with Crippen LogP contribution >= 0.6 is 0 Å². The van der Waals surface area contributed by atoms with Gasteiger partial charge in [-0.05, 0) is 37.3 Å². The summed E-state index contributed by atoms with van der Waals surface area (Å²) in [7, 11) is 0. The third kappa shape index (κ3) is 4.47. The van der Waals surface area contributed by atoms with Crippen molar-refractivity contribution in [3.63, 3.8) is 0 Å². The van der Waals surface area contributed by atoms with E-state index in [4.69, 9.17) is 14.3 Å². The van der Waals surface area contributed by atoms with Gasteiger partial charge < -0.3 is 19.2 Å². The fraction of sp³-hybridized carbons (Fsp3) is 0.556. The molecule has 6 nitrogen and oxygen atoms in total. The molecule has 3 heterocycles. The fourth-order valence-electron chi connectivity index (χ4n) is 3.23. The second kappa shape index (κ2) is 8.15. The highest BCUT2D eigenvalue weighted by Crippen LogP contribution is 2.23. The highest BCUT2D eigenvalue weighted by atomic mass is 16.5. The lowest BCUT2D eigenvalue weighted by atomic mass is 9.92. The lowest BCUT2D eigenvalue weighted by Gasteiger charge is -2.29. The van der Waals surface area contributed by atoms with Crippen LogP contribution in [0.15, 0.2) is 28.9 Å². The molecule has 1 N–H and O–H groups in total. The van der Waals surface area contributed by atoms with Crippen molar-refractivity contribution >= 4 is 17.1 Å². The van der Waals surface area contributed by atoms with Crippen molar-refractivity contribution in [3.8, 4) is 0 Å². The summed E-state index contributed by atoms with van der Waals surface area (Å²) in [6.07, 6.45) is 8.01. The van der Waals surface area contributed by atoms with E-state index in [1.807, 2.05) is 12.1 Å². The van der Waals surface area contributed by atoms with E-state index < -0.39 is 6.09 Å². The summed E-state index contributed by atoms with van der Waals surface area (Å²) < 4.78 is 11.4. The Morgan fingerprint density at radius 3 is 2.96 bits per heavy atom. The Morgan fingerprint density at radius 2 is 2.21 bits per heavy atom. The molecule has 0 saturated carbocycles. The predicted octanol–water partition coefficient (Wildman–Crippen LogP) is 3.90. The summed E-state index contributed by atoms with van der Waals surface area (Å²) in [5.41, 5.74) is 0.844. The third-order valence-electron chi connectivity index (χ3n) is 4.65. The van der Waals surface area contributed by atoms with E-state index in [2.05, 4.69) is 4.98 Å². The van der Waals surface area contributed by atoms with Gasteiger partial charge in [0.2, 0.25) is 0 Å². The minimum atomic E-state index is -0.789. The van der Waals surface area contributed by atoms with E-state index >= 15 is 0 Å². The van der Waals surface area contributed by atoms with Crippen LogP contribution in [0, 0.1) is 5.92 Å². The summed E-state index contributed by atoms with van der Waals surface area (Å²) in [5.74, 6) is 1.49. The van der Waals surface area contributed by atoms with Crippen LogP contribution in [0.5, 0.6) is 0 Å². The standard InChI is InChI=1S/C18H24N2O4/c21-18(22)20-8-5-14(6-9-20)3-1-2-10-23-13-16-11-15-12-19-7-4-17(15)24-16/h4,7,11-12,14H,1-3,5-6,8-10,13H2,(H,21,22). The molecule has 0 aromatic carbocycles. The van der Waals surface area contributed by atoms with E-state index in [9.17, 15) is 4.79 Å². The molecule has 0 aliphatic carbocycles. The zero-order valence-corrected chi connectivity index (χ0v) is 13.8. The monoisotopic (exact) mass is 332 g/mol. The van der Waals surface area contributed by atoms with Crippen molar-refractivity contribution in [3.05, 3.63) is 30.3 Å². The number of unbranched alkanes of at least 4 members (excludes halogenated alkanes) is 1. The molecule has 2 aromatic rings. The first-order valence-electron chi connectivity index (χ1n) is 8.60. The minimum absolute atomic E-state index is 0.492. The molecule has 1 amide bonds. The number of pyridine rings is 1. The summed E-state index contributed by atoms with van der Waals surface area (Å²) in [4.78, 5) is 16.5. The van der Waals surface area contributed by atoms with Gasteiger partial charge in [0.15, 0.2) is 0 Å². The SMILES string of the molecule is O=C(O)N1CCC(CCCCOCc2cc3cnccc3o2)CC1. The minimum Gasteiger partial charge on any atom is -0.465 e. The van der Waals surface area contributed by atoms with E-state index in [1.54, 1.807) is 12.4 Å². The molecule has 1 aliphatic rings. The summed E-state index contributed by atoms with van der Waals surface area (Å²) in [5, 5.41) is 9.94. The van der Waals surface area contributed by atoms with Gasteiger partial charge in [0, 0.05) is 37.5 Å². The number of likely N-dealkylation sites (tertiary alicyclic amines) is 1. The number of hydrogen-bond donors (Lipinski definition) is 1. The molecule has 2 aromatic heterocycles. The number of aromatic nitrogens is 1. The molecule has 6 heteroatoms. The predicted molar refractivity (Wildman–Crippen MR) is 89.8 cm³/mol. The molecular formula is C18H24N2O4. The first-order valence-corrected chi connectivity index (χ1v) is 8.60. The molecule has 1 aliphatic heterocycles. The molecule has 1 fully saturated rings. The van der Waals surface area contributed by atoms with Crippen LogP contribution in [0.25, 0.3) is 11.0 Å². The molecule has 0 bridgehead atoms. The number of hydrogen-bond acceptors (Lipinski definition) is 4. The van der Waals surface area contributed by atoms with Gasteiger partial charge in [0.1, 0.15) is 18.0 Å². The van der Waals surface area contributed by atoms with Crippen LogP contribution < -0.4 is 0 Å². The average Bonchev–Trinajstić information content (AvgIpc) is 3.01. The number of rotatable bonds is 7. The Bertz CT molecular complexity index is 629. The Hall–Kier alpha value is -2.08. The molecule has 3 rings (SSSR count). The normalized spacial score (nSPS) is 15.9. The fourth-order valence-corrected chi connectivity index (χ4v) is 3.23. The molecular weight excluding hydrogens is 308 g/mol. The molecule has 0 radical (unpaired) electrons. The zero-order valence-electron chi connectivity index (χ0n) is 13.8. The van der Waals surface area contributed by atoms with Gasteiger partial charge in [-0.2, -0.15) is 0 Å². The Balaban J connectivity index is 1.27. The summed E-state index contributed by atoms with van der Waals surface area (Å²) in [6, 6.07) is 3.83. The van der Waals surface area contributed by atoms with Crippen molar-refractivity contribution in [1.82, 2.24) is 9.88 Å². The van der Waals surface area contributed by atoms with Gasteiger partial charge in [-0.25, -0.2) is 4.79 Å². The highest BCUT2D eigenvalue weighted by Gasteiger charge is 2.21. The molecule has 24 heavy (non-hydrogen) atoms. The Morgan fingerprint density at radius 1 is 1.38 bits per heavy atom. The van der Waals surface area contributed by atoms with Gasteiger partial charge in [-0.1, -0.05) is 12.8 Å². The number of fused-ring (bicyclic) bond motifs is 1. The lowest BCUT2D eigenvalue weighted by Crippen LogP contribution is -2.37. The smallest absolute Gasteiger partial charge is 0.407 e. The number of carboxylic acid groups (broad SMARTS) is 1. The second-order valence-corrected chi connectivity index (χ2v) is 6.39. The van der Waals surface area contributed by atoms with Crippen molar-refractivity contribution in [2.45, 2.75) is 38.7 Å². The second-order valence-electron chi connectivity index (χ2n) is 6.39. The highest BCUT2D eigenvalue weighted by molar-refractivity contribution is 5.76. The van der Waals surface area contributed by atoms with E-state index in [0.29, 0.717) is 25.6 Å². The van der Waals surface area contributed by atoms with Gasteiger partial charge >= 0.3 is 6.09 Å². The zero-order chi connectivity index (χ0) is 16.8. The van der Waals surface area contributed by atoms with Crippen LogP contribution in [-0.2, 0) is 11.3 Å². The largest absolute Gasteiger partial charge is 0.465 e. The van der Waals surface area contributed by atoms with Crippen molar-refractivity contribution in [1.29, 1.82) is 0 Å². The lowest BCUT2D eigenvalue weighted by molar-refractivity contribution is 0.100. The molecule has 0 spiro atoms. The van der Waals surface area contributed by atoms with Crippen molar-refractivity contribution in [2.75, 3.05) is 19.7 Å². The van der Waals surface area contributed by atoms with Gasteiger partial charge in [-0.3, -0.25) is 4.98 Å². The topological polar surface area (TPSA) is 75.8 Å². The van der Waals surface area contributed by atoms with E-state index in [-0.39, 0.29) is 0 Å². The number of furan rings is 1. The average molecular weight is 332 g/mol. The Labute approximate surface area is 141 Å². The number of carbonyl (C=O) groups is 1. The van der Waals surface area contributed by atoms with Crippen molar-refractivity contribution in [2.24, 2.45) is 5.92 Å². The van der Waals surface area contributed by atoms with Gasteiger partial charge in [-0.15, -0.1) is 0 Å². The van der Waals surface area contributed by atoms with Crippen LogP contribution in [0.3, 0.4) is 0 Å². The van der Waals surface area contributed by atoms with Gasteiger partial charge in [0.05, 0.1) is 0 Å². The maximum atomic E-state index is 10.9. The first-order chi connectivity index (χ1) is 11.7. The maximum absolute atomic E-state index is 10.9. The Kier molecular flexibility index (Phi) is 5.69. The van der Waals surface area contributed by atoms with Crippen LogP contribution in [0.2, 0.25) is 0 Å². The molecule has 0 unspecified atom stereocenters. The summed E-state index contributed by atoms with van der Waals surface area (Å²) in [6.45, 7) is 2.57. The number of ether oxygens (including phenoxy) is 1. The van der Waals surface area contributed by atoms with Crippen molar-refractivity contribution < 1.29 is 19.1 Å². The quantitative estimate of drug-likeness (QED) is 0.778. The molecule has 1 saturated heterocycles. The van der Waals surface area contributed by atoms with Crippen LogP contribution in [0.4, 0.5) is 4.79 Å². The molecule has 130 valence electrons. The van der Waals surface area contributed by atoms with E-state index in [1.165, 1.54) is 4.90 Å². The molecule has 0 atom stereocenters. The first kappa shape index (κ1) is 16.8. The number of amides is 1. The van der Waals surface area contributed by atoms with E-state index in [0.717, 1.165) is 55.4 Å². The maximum Gasteiger partial charge on any atom is 0.407 e. The summed E-state index contributed by atoms with van der Waals surface area (Å²) >= 11 is 0. The van der Waals surface area contributed by atoms with Crippen LogP contribution in [0.1, 0.15) is 37.9 Å². The van der Waals surface area contributed by atoms with Crippen LogP contribution in [-0.4, -0.2) is 40.8 Å². The number of piperidine rings is 1. The van der Waals surface area contributed by atoms with Gasteiger partial charge in [0.25, 0.3) is 0 Å².